The standard InChI is InChI=1S/C28H28N4/c1-2-6-17(5-1)27-29-15-25(31-27)19-9-11-21-23(13-19)22-12-10-20(14-24(21)22)26-16-30-28(32-26)18-7-3-4-8-18/h9-18H,1-8H2,(H,29,31)(H,30,32). The molecule has 2 N–H and O–H groups in total. The lowest BCUT2D eigenvalue weighted by Gasteiger charge is -2.25. The Labute approximate surface area is 188 Å². The van der Waals surface area contributed by atoms with Gasteiger partial charge in [0.15, 0.2) is 0 Å². The fourth-order valence-corrected chi connectivity index (χ4v) is 6.06. The molecule has 2 saturated carbocycles. The number of imidazole rings is 2. The molecule has 0 bridgehead atoms. The second-order valence-electron chi connectivity index (χ2n) is 9.85. The topological polar surface area (TPSA) is 57.4 Å². The zero-order valence-electron chi connectivity index (χ0n) is 18.3. The van der Waals surface area contributed by atoms with Crippen molar-refractivity contribution in [3.05, 3.63) is 60.4 Å². The minimum absolute atomic E-state index is 0.617. The second kappa shape index (κ2) is 7.19. The third kappa shape index (κ3) is 2.89. The molecule has 3 aliphatic rings. The molecule has 4 heteroatoms. The lowest BCUT2D eigenvalue weighted by atomic mass is 9.78. The molecule has 0 unspecified atom stereocenters. The Hall–Kier alpha value is -3.14. The van der Waals surface area contributed by atoms with Crippen LogP contribution in [0.15, 0.2) is 48.8 Å². The lowest BCUT2D eigenvalue weighted by Crippen LogP contribution is -2.00. The summed E-state index contributed by atoms with van der Waals surface area (Å²) in [5.74, 6) is 3.57. The van der Waals surface area contributed by atoms with Crippen LogP contribution >= 0.6 is 0 Å². The molecule has 0 atom stereocenters. The van der Waals surface area contributed by atoms with E-state index in [0.29, 0.717) is 11.8 Å². The van der Waals surface area contributed by atoms with Gasteiger partial charge in [0.2, 0.25) is 0 Å². The monoisotopic (exact) mass is 420 g/mol. The molecule has 0 saturated heterocycles. The average molecular weight is 421 g/mol. The van der Waals surface area contributed by atoms with E-state index in [-0.39, 0.29) is 0 Å². The van der Waals surface area contributed by atoms with Gasteiger partial charge >= 0.3 is 0 Å². The Balaban J connectivity index is 1.16. The van der Waals surface area contributed by atoms with Crippen LogP contribution in [0.3, 0.4) is 0 Å². The van der Waals surface area contributed by atoms with Crippen molar-refractivity contribution in [2.75, 3.05) is 0 Å². The Morgan fingerprint density at radius 3 is 1.44 bits per heavy atom. The second-order valence-corrected chi connectivity index (χ2v) is 9.85. The molecule has 0 spiro atoms. The van der Waals surface area contributed by atoms with E-state index in [9.17, 15) is 0 Å². The number of rotatable bonds is 4. The van der Waals surface area contributed by atoms with Crippen LogP contribution in [-0.2, 0) is 0 Å². The van der Waals surface area contributed by atoms with Gasteiger partial charge < -0.3 is 9.97 Å². The Bertz CT molecular complexity index is 1180. The minimum atomic E-state index is 0.617. The van der Waals surface area contributed by atoms with E-state index in [1.54, 1.807) is 0 Å². The smallest absolute Gasteiger partial charge is 0.109 e. The summed E-state index contributed by atoms with van der Waals surface area (Å²) in [4.78, 5) is 16.6. The molecule has 0 radical (unpaired) electrons. The number of H-pyrrole nitrogens is 2. The molecular weight excluding hydrogens is 392 g/mol. The lowest BCUT2D eigenvalue weighted by molar-refractivity contribution is 0.679. The molecule has 2 aromatic heterocycles. The summed E-state index contributed by atoms with van der Waals surface area (Å²) in [6, 6.07) is 13.6. The van der Waals surface area contributed by atoms with Crippen LogP contribution < -0.4 is 0 Å². The van der Waals surface area contributed by atoms with E-state index in [1.807, 2.05) is 12.4 Å². The summed E-state index contributed by atoms with van der Waals surface area (Å²) in [5, 5.41) is 0. The molecule has 32 heavy (non-hydrogen) atoms. The zero-order chi connectivity index (χ0) is 21.1. The van der Waals surface area contributed by atoms with Crippen LogP contribution in [0.25, 0.3) is 44.8 Å². The first-order valence-corrected chi connectivity index (χ1v) is 12.2. The van der Waals surface area contributed by atoms with Crippen LogP contribution in [0.2, 0.25) is 0 Å². The highest BCUT2D eigenvalue weighted by molar-refractivity contribution is 6.04. The van der Waals surface area contributed by atoms with Crippen molar-refractivity contribution >= 4 is 0 Å². The van der Waals surface area contributed by atoms with Gasteiger partial charge in [-0.3, -0.25) is 0 Å². The number of hydrogen-bond donors (Lipinski definition) is 2. The number of aromatic amines is 2. The van der Waals surface area contributed by atoms with Gasteiger partial charge in [-0.05, 0) is 60.1 Å². The van der Waals surface area contributed by atoms with Crippen molar-refractivity contribution in [2.24, 2.45) is 0 Å². The van der Waals surface area contributed by atoms with Crippen molar-refractivity contribution in [1.29, 1.82) is 0 Å². The van der Waals surface area contributed by atoms with Gasteiger partial charge in [0, 0.05) is 23.0 Å². The quantitative estimate of drug-likeness (QED) is 0.318. The van der Waals surface area contributed by atoms with Crippen molar-refractivity contribution in [3.8, 4) is 44.8 Å². The largest absolute Gasteiger partial charge is 0.342 e. The van der Waals surface area contributed by atoms with Gasteiger partial charge in [-0.25, -0.2) is 9.97 Å². The van der Waals surface area contributed by atoms with Gasteiger partial charge in [-0.2, -0.15) is 0 Å². The molecule has 7 rings (SSSR count). The third-order valence-electron chi connectivity index (χ3n) is 7.92. The molecule has 4 aromatic rings. The van der Waals surface area contributed by atoms with Crippen LogP contribution in [0.1, 0.15) is 74.9 Å². The van der Waals surface area contributed by atoms with E-state index in [1.165, 1.54) is 96.4 Å². The Morgan fingerprint density at radius 2 is 1.00 bits per heavy atom. The molecule has 2 heterocycles. The van der Waals surface area contributed by atoms with E-state index < -0.39 is 0 Å². The van der Waals surface area contributed by atoms with Crippen molar-refractivity contribution in [1.82, 2.24) is 19.9 Å². The molecule has 2 fully saturated rings. The number of aromatic nitrogens is 4. The van der Waals surface area contributed by atoms with Crippen LogP contribution in [0.4, 0.5) is 0 Å². The molecular formula is C28H28N4. The van der Waals surface area contributed by atoms with Crippen molar-refractivity contribution in [2.45, 2.75) is 63.2 Å². The van der Waals surface area contributed by atoms with E-state index in [2.05, 4.69) is 46.4 Å². The maximum absolute atomic E-state index is 4.70. The summed E-state index contributed by atoms with van der Waals surface area (Å²) < 4.78 is 0. The predicted octanol–water partition coefficient (Wildman–Crippen LogP) is 7.43. The highest BCUT2D eigenvalue weighted by Crippen LogP contribution is 2.49. The number of nitrogens with zero attached hydrogens (tertiary/aromatic N) is 2. The number of hydrogen-bond acceptors (Lipinski definition) is 2. The minimum Gasteiger partial charge on any atom is -0.342 e. The van der Waals surface area contributed by atoms with E-state index in [4.69, 9.17) is 9.97 Å². The number of fused-ring (bicyclic) bond motifs is 4. The Kier molecular flexibility index (Phi) is 4.14. The number of nitrogens with one attached hydrogen (secondary N) is 2. The highest BCUT2D eigenvalue weighted by atomic mass is 14.9. The third-order valence-corrected chi connectivity index (χ3v) is 7.92. The fourth-order valence-electron chi connectivity index (χ4n) is 6.06. The molecule has 160 valence electrons. The number of benzene rings is 2. The van der Waals surface area contributed by atoms with Crippen LogP contribution in [-0.4, -0.2) is 19.9 Å². The summed E-state index contributed by atoms with van der Waals surface area (Å²) in [7, 11) is 0. The average Bonchev–Trinajstić information content (AvgIpc) is 3.63. The zero-order valence-corrected chi connectivity index (χ0v) is 18.3. The molecule has 0 aliphatic heterocycles. The van der Waals surface area contributed by atoms with Gasteiger partial charge in [-0.1, -0.05) is 49.9 Å². The molecule has 3 aliphatic carbocycles. The van der Waals surface area contributed by atoms with Gasteiger partial charge in [0.25, 0.3) is 0 Å². The normalized spacial score (nSPS) is 18.0. The molecule has 2 aromatic carbocycles. The van der Waals surface area contributed by atoms with Crippen molar-refractivity contribution in [3.63, 3.8) is 0 Å². The fraction of sp³-hybridized carbons (Fsp3) is 0.357. The first kappa shape index (κ1) is 18.4. The Morgan fingerprint density at radius 1 is 0.562 bits per heavy atom. The summed E-state index contributed by atoms with van der Waals surface area (Å²) >= 11 is 0. The molecule has 4 nitrogen and oxygen atoms in total. The van der Waals surface area contributed by atoms with Gasteiger partial charge in [0.1, 0.15) is 11.6 Å². The van der Waals surface area contributed by atoms with Crippen molar-refractivity contribution < 1.29 is 0 Å². The summed E-state index contributed by atoms with van der Waals surface area (Å²) in [6.07, 6.45) is 14.4. The first-order chi connectivity index (χ1) is 15.8. The highest BCUT2D eigenvalue weighted by Gasteiger charge is 2.25. The van der Waals surface area contributed by atoms with Crippen LogP contribution in [0, 0.1) is 0 Å². The SMILES string of the molecule is c1cc2c(cc1-c1cnc(C3CCCC3)[nH]1)-c1ccc(-c3cnc(C4CCCC4)[nH]3)cc1-2. The predicted molar refractivity (Wildman–Crippen MR) is 128 cm³/mol. The van der Waals surface area contributed by atoms with E-state index >= 15 is 0 Å². The maximum Gasteiger partial charge on any atom is 0.109 e. The summed E-state index contributed by atoms with van der Waals surface area (Å²) in [5.41, 5.74) is 10.1. The first-order valence-electron chi connectivity index (χ1n) is 12.2. The van der Waals surface area contributed by atoms with Gasteiger partial charge in [-0.15, -0.1) is 0 Å². The summed E-state index contributed by atoms with van der Waals surface area (Å²) in [6.45, 7) is 0. The maximum atomic E-state index is 4.70. The van der Waals surface area contributed by atoms with E-state index in [0.717, 1.165) is 11.4 Å². The molecule has 0 amide bonds. The van der Waals surface area contributed by atoms with Crippen LogP contribution in [0.5, 0.6) is 0 Å². The van der Waals surface area contributed by atoms with Gasteiger partial charge in [0.05, 0.1) is 23.8 Å².